The molecule has 0 aromatic carbocycles. The maximum Gasteiger partial charge on any atom is 0.472 e. The fourth-order valence-electron chi connectivity index (χ4n) is 5.20. The van der Waals surface area contributed by atoms with E-state index in [-0.39, 0.29) is 34.7 Å². The fourth-order valence-corrected chi connectivity index (χ4v) is 6.15. The van der Waals surface area contributed by atoms with Crippen molar-refractivity contribution < 1.29 is 42.6 Å². The third kappa shape index (κ3) is 4.02. The van der Waals surface area contributed by atoms with Gasteiger partial charge in [-0.2, -0.15) is 4.98 Å². The number of aromatic amines is 2. The Labute approximate surface area is 225 Å². The van der Waals surface area contributed by atoms with Crippen LogP contribution in [0.15, 0.2) is 28.6 Å². The van der Waals surface area contributed by atoms with Crippen LogP contribution >= 0.6 is 7.82 Å². The Morgan fingerprint density at radius 3 is 2.66 bits per heavy atom. The van der Waals surface area contributed by atoms with Gasteiger partial charge in [-0.05, 0) is 0 Å². The normalized spacial score (nSPS) is 34.3. The number of fused-ring (bicyclic) bond motifs is 3. The highest BCUT2D eigenvalue weighted by molar-refractivity contribution is 7.47. The molecule has 1 saturated carbocycles. The van der Waals surface area contributed by atoms with Gasteiger partial charge in [0.15, 0.2) is 40.3 Å². The molecular formula is C20H21FN9O10P. The number of phosphoric ester groups is 1. The van der Waals surface area contributed by atoms with Crippen LogP contribution in [0, 0.1) is 0 Å². The minimum absolute atomic E-state index is 0.00746. The Bertz CT molecular complexity index is 1840. The lowest BCUT2D eigenvalue weighted by Crippen LogP contribution is -2.36. The molecule has 21 heteroatoms. The number of alkyl halides is 1. The molecule has 3 fully saturated rings. The highest BCUT2D eigenvalue weighted by Gasteiger charge is 2.80. The second-order valence-corrected chi connectivity index (χ2v) is 11.2. The minimum Gasteiger partial charge on any atom is -0.390 e. The van der Waals surface area contributed by atoms with Crippen molar-refractivity contribution in [1.29, 1.82) is 0 Å². The summed E-state index contributed by atoms with van der Waals surface area (Å²) in [6, 6.07) is 0. The molecule has 9 atom stereocenters. The molecule has 41 heavy (non-hydrogen) atoms. The summed E-state index contributed by atoms with van der Waals surface area (Å²) in [6.07, 6.45) is -6.00. The summed E-state index contributed by atoms with van der Waals surface area (Å²) < 4.78 is 52.6. The van der Waals surface area contributed by atoms with Crippen molar-refractivity contribution >= 4 is 36.1 Å². The van der Waals surface area contributed by atoms with Crippen LogP contribution in [0.2, 0.25) is 0 Å². The van der Waals surface area contributed by atoms with E-state index < -0.39 is 74.2 Å². The predicted molar refractivity (Wildman–Crippen MR) is 130 cm³/mol. The van der Waals surface area contributed by atoms with E-state index in [0.29, 0.717) is 0 Å². The fraction of sp³-hybridized carbons (Fsp3) is 0.500. The number of anilines is 1. The number of nitrogens with one attached hydrogen (secondary N) is 2. The highest BCUT2D eigenvalue weighted by atomic mass is 31.2. The monoisotopic (exact) mass is 597 g/mol. The molecule has 7 rings (SSSR count). The number of aromatic nitrogens is 8. The van der Waals surface area contributed by atoms with Crippen molar-refractivity contribution in [2.45, 2.75) is 55.1 Å². The number of hydrogen-bond acceptors (Lipinski definition) is 14. The van der Waals surface area contributed by atoms with Crippen LogP contribution in [0.4, 0.5) is 10.3 Å². The number of nitrogens with zero attached hydrogens (tertiary/aromatic N) is 6. The van der Waals surface area contributed by atoms with Gasteiger partial charge in [0.2, 0.25) is 5.95 Å². The molecule has 3 aliphatic rings. The zero-order valence-corrected chi connectivity index (χ0v) is 21.4. The van der Waals surface area contributed by atoms with E-state index in [1.807, 2.05) is 0 Å². The van der Waals surface area contributed by atoms with E-state index in [9.17, 15) is 29.3 Å². The van der Waals surface area contributed by atoms with Gasteiger partial charge in [-0.3, -0.25) is 32.8 Å². The van der Waals surface area contributed by atoms with Crippen molar-refractivity contribution in [2.75, 3.05) is 12.3 Å². The molecule has 0 spiro atoms. The van der Waals surface area contributed by atoms with E-state index in [0.717, 1.165) is 10.9 Å². The van der Waals surface area contributed by atoms with Crippen LogP contribution in [-0.2, 0) is 23.1 Å². The van der Waals surface area contributed by atoms with Crippen LogP contribution < -0.4 is 16.9 Å². The number of phosphoric acid groups is 1. The third-order valence-corrected chi connectivity index (χ3v) is 8.27. The minimum atomic E-state index is -5.09. The van der Waals surface area contributed by atoms with Gasteiger partial charge >= 0.3 is 7.82 Å². The maximum absolute atomic E-state index is 15.6. The smallest absolute Gasteiger partial charge is 0.390 e. The average Bonchev–Trinajstić information content (AvgIpc) is 3.49. The molecule has 0 amide bonds. The van der Waals surface area contributed by atoms with Gasteiger partial charge in [0, 0.05) is 6.42 Å². The van der Waals surface area contributed by atoms with Gasteiger partial charge < -0.3 is 35.3 Å². The largest absolute Gasteiger partial charge is 0.472 e. The Hall–Kier alpha value is -3.62. The summed E-state index contributed by atoms with van der Waals surface area (Å²) in [5, 5.41) is 20.5. The Balaban J connectivity index is 1.08. The number of imidazole rings is 2. The lowest BCUT2D eigenvalue weighted by molar-refractivity contribution is -0.0850. The van der Waals surface area contributed by atoms with Gasteiger partial charge in [-0.25, -0.2) is 23.9 Å². The summed E-state index contributed by atoms with van der Waals surface area (Å²) in [7, 11) is -5.09. The van der Waals surface area contributed by atoms with Crippen molar-refractivity contribution in [3.63, 3.8) is 0 Å². The molecule has 4 aromatic rings. The number of halogens is 1. The second kappa shape index (κ2) is 8.94. The van der Waals surface area contributed by atoms with Crippen LogP contribution in [0.25, 0.3) is 22.3 Å². The summed E-state index contributed by atoms with van der Waals surface area (Å²) in [4.78, 5) is 55.1. The number of nitrogen functional groups attached to an aromatic ring is 1. The zero-order valence-electron chi connectivity index (χ0n) is 20.5. The SMILES string of the molecule is Nc1nc2c(ncn2[C@@H]2O[C@@H]3C(O)[C@]3(F)[C@H]2OP(=O)(O)OC[C@H]2O[C@@H](n3cnc4c(=O)[nH]cnc43)C[C@@H]2O)c(=O)[nH]1. The van der Waals surface area contributed by atoms with Gasteiger partial charge in [-0.15, -0.1) is 0 Å². The standard InChI is InChI=1S/C20H21FN9O10P/c21-20-11(32)12(20)39-18(30-5-26-10-15(30)27-19(22)28-17(10)34)13(20)40-41(35,36)37-2-7-6(31)1-8(38-7)29-4-25-9-14(29)23-3-24-16(9)33/h3-8,11-13,18,31-32H,1-2H2,(H,35,36)(H,23,24,33)(H3,22,27,28,34)/t6-,7+,8+,11?,12+,13-,18+,20+/m0/s1. The summed E-state index contributed by atoms with van der Waals surface area (Å²) >= 11 is 0. The van der Waals surface area contributed by atoms with Gasteiger partial charge in [0.1, 0.15) is 24.5 Å². The lowest BCUT2D eigenvalue weighted by atomic mass is 10.2. The van der Waals surface area contributed by atoms with Crippen LogP contribution in [-0.4, -0.2) is 96.9 Å². The molecule has 19 nitrogen and oxygen atoms in total. The molecule has 0 radical (unpaired) electrons. The van der Waals surface area contributed by atoms with Gasteiger partial charge in [-0.1, -0.05) is 0 Å². The van der Waals surface area contributed by atoms with Crippen LogP contribution in [0.3, 0.4) is 0 Å². The number of H-pyrrole nitrogens is 2. The summed E-state index contributed by atoms with van der Waals surface area (Å²) in [5.41, 5.74) is 1.85. The number of hydrogen-bond donors (Lipinski definition) is 6. The number of nitrogens with two attached hydrogens (primary N) is 1. The molecule has 1 aliphatic carbocycles. The molecular weight excluding hydrogens is 576 g/mol. The van der Waals surface area contributed by atoms with Crippen molar-refractivity contribution in [1.82, 2.24) is 39.0 Å². The molecule has 0 bridgehead atoms. The van der Waals surface area contributed by atoms with E-state index in [1.54, 1.807) is 0 Å². The lowest BCUT2D eigenvalue weighted by Gasteiger charge is -2.27. The number of aliphatic hydroxyl groups is 2. The molecule has 7 N–H and O–H groups in total. The predicted octanol–water partition coefficient (Wildman–Crippen LogP) is -2.03. The van der Waals surface area contributed by atoms with Crippen LogP contribution in [0.5, 0.6) is 0 Å². The maximum atomic E-state index is 15.6. The molecule has 4 aromatic heterocycles. The first kappa shape index (κ1) is 26.3. The highest BCUT2D eigenvalue weighted by Crippen LogP contribution is 2.62. The molecule has 218 valence electrons. The van der Waals surface area contributed by atoms with E-state index in [1.165, 1.54) is 17.2 Å². The van der Waals surface area contributed by atoms with Crippen molar-refractivity contribution in [2.24, 2.45) is 0 Å². The average molecular weight is 597 g/mol. The van der Waals surface area contributed by atoms with Crippen LogP contribution in [0.1, 0.15) is 18.9 Å². The number of aliphatic hydroxyl groups excluding tert-OH is 2. The first-order chi connectivity index (χ1) is 19.5. The number of ether oxygens (including phenoxy) is 2. The molecule has 6 heterocycles. The molecule has 2 saturated heterocycles. The zero-order chi connectivity index (χ0) is 28.8. The first-order valence-electron chi connectivity index (χ1n) is 12.1. The van der Waals surface area contributed by atoms with E-state index in [2.05, 4.69) is 29.9 Å². The van der Waals surface area contributed by atoms with E-state index >= 15 is 4.39 Å². The summed E-state index contributed by atoms with van der Waals surface area (Å²) in [5.74, 6) is -0.268. The van der Waals surface area contributed by atoms with Gasteiger partial charge in [0.05, 0.1) is 31.7 Å². The second-order valence-electron chi connectivity index (χ2n) is 9.77. The van der Waals surface area contributed by atoms with Gasteiger partial charge in [0.25, 0.3) is 11.1 Å². The topological polar surface area (TPSA) is 268 Å². The Morgan fingerprint density at radius 1 is 1.15 bits per heavy atom. The quantitative estimate of drug-likeness (QED) is 0.125. The first-order valence-corrected chi connectivity index (χ1v) is 13.6. The van der Waals surface area contributed by atoms with Crippen molar-refractivity contribution in [3.05, 3.63) is 39.7 Å². The Morgan fingerprint density at radius 2 is 1.88 bits per heavy atom. The third-order valence-electron chi connectivity index (χ3n) is 7.30. The van der Waals surface area contributed by atoms with Crippen molar-refractivity contribution in [3.8, 4) is 0 Å². The number of rotatable bonds is 7. The Kier molecular flexibility index (Phi) is 5.73. The van der Waals surface area contributed by atoms with E-state index in [4.69, 9.17) is 24.3 Å². The molecule has 2 aliphatic heterocycles. The molecule has 2 unspecified atom stereocenters. The summed E-state index contributed by atoms with van der Waals surface area (Å²) in [6.45, 7) is -0.656.